The van der Waals surface area contributed by atoms with Crippen molar-refractivity contribution in [1.29, 1.82) is 0 Å². The maximum Gasteiger partial charge on any atom is 0.265 e. The number of Topliss-reactive ketones (excluding diaryl/α,β-unsaturated/α-hetero) is 1. The molecule has 0 bridgehead atoms. The lowest BCUT2D eigenvalue weighted by Crippen LogP contribution is -2.00. The van der Waals surface area contributed by atoms with E-state index in [1.807, 2.05) is 0 Å². The van der Waals surface area contributed by atoms with E-state index in [9.17, 15) is 18.0 Å². The van der Waals surface area contributed by atoms with Gasteiger partial charge in [0.25, 0.3) is 6.43 Å². The standard InChI is InChI=1S/C9H6ClF3O/c1-4(14)5-2-3-6(9(12)13)7(10)8(5)11/h2-3,9H,1H3. The Bertz CT molecular complexity index is 377. The van der Waals surface area contributed by atoms with Crippen LogP contribution in [0.2, 0.25) is 5.02 Å². The van der Waals surface area contributed by atoms with Crippen molar-refractivity contribution in [2.45, 2.75) is 13.3 Å². The van der Waals surface area contributed by atoms with Crippen LogP contribution in [0.1, 0.15) is 29.3 Å². The second-order valence-corrected chi connectivity index (χ2v) is 3.07. The minimum absolute atomic E-state index is 0.278. The zero-order valence-corrected chi connectivity index (χ0v) is 7.91. The molecule has 0 N–H and O–H groups in total. The number of rotatable bonds is 2. The van der Waals surface area contributed by atoms with Gasteiger partial charge in [0, 0.05) is 5.56 Å². The summed E-state index contributed by atoms with van der Waals surface area (Å²) in [5, 5.41) is -0.687. The molecule has 0 aliphatic carbocycles. The number of ketones is 1. The van der Waals surface area contributed by atoms with Crippen LogP contribution in [0.5, 0.6) is 0 Å². The number of hydrogen-bond donors (Lipinski definition) is 0. The molecule has 0 saturated carbocycles. The van der Waals surface area contributed by atoms with E-state index in [0.29, 0.717) is 0 Å². The highest BCUT2D eigenvalue weighted by Gasteiger charge is 2.19. The fourth-order valence-electron chi connectivity index (χ4n) is 1.00. The van der Waals surface area contributed by atoms with Crippen LogP contribution in [0, 0.1) is 5.82 Å². The molecule has 5 heteroatoms. The van der Waals surface area contributed by atoms with Gasteiger partial charge in [0.1, 0.15) is 0 Å². The molecular weight excluding hydrogens is 217 g/mol. The fourth-order valence-corrected chi connectivity index (χ4v) is 1.25. The molecule has 0 aromatic heterocycles. The van der Waals surface area contributed by atoms with Crippen LogP contribution in [0.15, 0.2) is 12.1 Å². The zero-order valence-electron chi connectivity index (χ0n) is 7.15. The van der Waals surface area contributed by atoms with Gasteiger partial charge in [-0.25, -0.2) is 13.2 Å². The summed E-state index contributed by atoms with van der Waals surface area (Å²) in [6.07, 6.45) is -2.85. The molecule has 1 aromatic rings. The molecule has 0 radical (unpaired) electrons. The Morgan fingerprint density at radius 2 is 2.00 bits per heavy atom. The molecule has 76 valence electrons. The van der Waals surface area contributed by atoms with Gasteiger partial charge in [0.15, 0.2) is 11.6 Å². The average molecular weight is 223 g/mol. The van der Waals surface area contributed by atoms with E-state index in [-0.39, 0.29) is 5.56 Å². The molecule has 0 spiro atoms. The number of benzene rings is 1. The molecule has 0 saturated heterocycles. The van der Waals surface area contributed by atoms with Gasteiger partial charge < -0.3 is 0 Å². The van der Waals surface area contributed by atoms with Crippen molar-refractivity contribution in [1.82, 2.24) is 0 Å². The average Bonchev–Trinajstić information content (AvgIpc) is 2.08. The Kier molecular flexibility index (Phi) is 3.16. The lowest BCUT2D eigenvalue weighted by Gasteiger charge is -2.06. The molecule has 14 heavy (non-hydrogen) atoms. The first kappa shape index (κ1) is 11.0. The molecular formula is C9H6ClF3O. The SMILES string of the molecule is CC(=O)c1ccc(C(F)F)c(Cl)c1F. The van der Waals surface area contributed by atoms with Crippen LogP contribution in [0.3, 0.4) is 0 Å². The van der Waals surface area contributed by atoms with Crippen LogP contribution in [0.25, 0.3) is 0 Å². The van der Waals surface area contributed by atoms with Gasteiger partial charge in [0.2, 0.25) is 0 Å². The predicted octanol–water partition coefficient (Wildman–Crippen LogP) is 3.62. The van der Waals surface area contributed by atoms with Gasteiger partial charge in [-0.3, -0.25) is 4.79 Å². The second kappa shape index (κ2) is 4.00. The maximum atomic E-state index is 13.2. The predicted molar refractivity (Wildman–Crippen MR) is 46.4 cm³/mol. The molecule has 1 aromatic carbocycles. The quantitative estimate of drug-likeness (QED) is 0.699. The number of carbonyl (C=O) groups is 1. The highest BCUT2D eigenvalue weighted by atomic mass is 35.5. The molecule has 0 aliphatic heterocycles. The number of halogens is 4. The fraction of sp³-hybridized carbons (Fsp3) is 0.222. The molecule has 0 atom stereocenters. The number of hydrogen-bond acceptors (Lipinski definition) is 1. The van der Waals surface area contributed by atoms with Crippen molar-refractivity contribution in [3.05, 3.63) is 34.1 Å². The van der Waals surface area contributed by atoms with E-state index >= 15 is 0 Å². The van der Waals surface area contributed by atoms with E-state index in [1.165, 1.54) is 0 Å². The van der Waals surface area contributed by atoms with E-state index in [4.69, 9.17) is 11.6 Å². The highest BCUT2D eigenvalue weighted by molar-refractivity contribution is 6.32. The van der Waals surface area contributed by atoms with Crippen LogP contribution < -0.4 is 0 Å². The summed E-state index contributed by atoms with van der Waals surface area (Å²) in [5.41, 5.74) is -0.881. The van der Waals surface area contributed by atoms with Crippen LogP contribution >= 0.6 is 11.6 Å². The Morgan fingerprint density at radius 1 is 1.43 bits per heavy atom. The Balaban J connectivity index is 3.33. The van der Waals surface area contributed by atoms with Gasteiger partial charge in [-0.15, -0.1) is 0 Å². The van der Waals surface area contributed by atoms with E-state index in [1.54, 1.807) is 0 Å². The molecule has 0 aliphatic rings. The van der Waals surface area contributed by atoms with Crippen molar-refractivity contribution in [2.24, 2.45) is 0 Å². The van der Waals surface area contributed by atoms with Crippen molar-refractivity contribution in [3.8, 4) is 0 Å². The smallest absolute Gasteiger partial charge is 0.265 e. The lowest BCUT2D eigenvalue weighted by atomic mass is 10.1. The summed E-state index contributed by atoms with van der Waals surface area (Å²) in [6, 6.07) is 1.96. The van der Waals surface area contributed by atoms with E-state index in [0.717, 1.165) is 19.1 Å². The molecule has 1 rings (SSSR count). The summed E-state index contributed by atoms with van der Waals surface area (Å²) < 4.78 is 37.6. The Labute approximate surface area is 83.5 Å². The van der Waals surface area contributed by atoms with E-state index < -0.39 is 28.6 Å². The number of carbonyl (C=O) groups excluding carboxylic acids is 1. The summed E-state index contributed by atoms with van der Waals surface area (Å²) in [5.74, 6) is -1.64. The first-order chi connectivity index (χ1) is 6.45. The largest absolute Gasteiger partial charge is 0.294 e. The Morgan fingerprint density at radius 3 is 2.43 bits per heavy atom. The topological polar surface area (TPSA) is 17.1 Å². The van der Waals surface area contributed by atoms with Gasteiger partial charge in [0.05, 0.1) is 10.6 Å². The third-order valence-corrected chi connectivity index (χ3v) is 2.11. The van der Waals surface area contributed by atoms with Crippen LogP contribution in [0.4, 0.5) is 13.2 Å². The first-order valence-corrected chi connectivity index (χ1v) is 4.10. The van der Waals surface area contributed by atoms with Gasteiger partial charge >= 0.3 is 0 Å². The minimum Gasteiger partial charge on any atom is -0.294 e. The zero-order chi connectivity index (χ0) is 10.9. The molecule has 0 fully saturated rings. The summed E-state index contributed by atoms with van der Waals surface area (Å²) in [4.78, 5) is 10.8. The second-order valence-electron chi connectivity index (χ2n) is 2.69. The van der Waals surface area contributed by atoms with Gasteiger partial charge in [-0.05, 0) is 13.0 Å². The lowest BCUT2D eigenvalue weighted by molar-refractivity contribution is 0.101. The minimum atomic E-state index is -2.85. The summed E-state index contributed by atoms with van der Waals surface area (Å²) in [6.45, 7) is 1.14. The third-order valence-electron chi connectivity index (χ3n) is 1.73. The molecule has 1 nitrogen and oxygen atoms in total. The van der Waals surface area contributed by atoms with Crippen molar-refractivity contribution < 1.29 is 18.0 Å². The van der Waals surface area contributed by atoms with Crippen LogP contribution in [-0.2, 0) is 0 Å². The number of alkyl halides is 2. The molecule has 0 unspecified atom stereocenters. The first-order valence-electron chi connectivity index (χ1n) is 3.72. The highest BCUT2D eigenvalue weighted by Crippen LogP contribution is 2.30. The monoisotopic (exact) mass is 222 g/mol. The summed E-state index contributed by atoms with van der Waals surface area (Å²) >= 11 is 5.33. The van der Waals surface area contributed by atoms with Gasteiger partial charge in [-0.1, -0.05) is 17.7 Å². The third kappa shape index (κ3) is 1.90. The molecule has 0 heterocycles. The van der Waals surface area contributed by atoms with Crippen molar-refractivity contribution >= 4 is 17.4 Å². The summed E-state index contributed by atoms with van der Waals surface area (Å²) in [7, 11) is 0. The van der Waals surface area contributed by atoms with Crippen molar-refractivity contribution in [3.63, 3.8) is 0 Å². The Hall–Kier alpha value is -1.03. The van der Waals surface area contributed by atoms with E-state index in [2.05, 4.69) is 0 Å². The molecule has 0 amide bonds. The maximum absolute atomic E-state index is 13.2. The van der Waals surface area contributed by atoms with Gasteiger partial charge in [-0.2, -0.15) is 0 Å². The van der Waals surface area contributed by atoms with Crippen LogP contribution in [-0.4, -0.2) is 5.78 Å². The van der Waals surface area contributed by atoms with Crippen molar-refractivity contribution in [2.75, 3.05) is 0 Å². The normalized spacial score (nSPS) is 10.7.